The van der Waals surface area contributed by atoms with Gasteiger partial charge in [-0.1, -0.05) is 30.3 Å². The molecule has 0 aliphatic carbocycles. The fraction of sp³-hybridized carbons (Fsp3) is 0.150. The van der Waals surface area contributed by atoms with Crippen molar-refractivity contribution in [2.45, 2.75) is 6.04 Å². The molecule has 0 saturated heterocycles. The van der Waals surface area contributed by atoms with E-state index >= 15 is 0 Å². The molecule has 3 rings (SSSR count). The molecule has 128 valence electrons. The van der Waals surface area contributed by atoms with Crippen molar-refractivity contribution in [1.82, 2.24) is 9.88 Å². The van der Waals surface area contributed by atoms with Crippen LogP contribution < -0.4 is 10.1 Å². The maximum Gasteiger partial charge on any atom is 0.247 e. The van der Waals surface area contributed by atoms with E-state index < -0.39 is 6.04 Å². The van der Waals surface area contributed by atoms with E-state index in [1.165, 1.54) is 12.1 Å². The van der Waals surface area contributed by atoms with Gasteiger partial charge in [-0.15, -0.1) is 0 Å². The number of rotatable bonds is 7. The van der Waals surface area contributed by atoms with E-state index in [-0.39, 0.29) is 11.7 Å². The van der Waals surface area contributed by atoms with Crippen LogP contribution in [0, 0.1) is 5.82 Å². The van der Waals surface area contributed by atoms with Crippen molar-refractivity contribution in [3.63, 3.8) is 0 Å². The van der Waals surface area contributed by atoms with E-state index in [4.69, 9.17) is 4.74 Å². The first-order chi connectivity index (χ1) is 12.2. The Morgan fingerprint density at radius 1 is 1.00 bits per heavy atom. The van der Waals surface area contributed by atoms with Gasteiger partial charge in [-0.3, -0.25) is 4.79 Å². The van der Waals surface area contributed by atoms with Crippen LogP contribution >= 0.6 is 0 Å². The molecular formula is C20H19FN2O2. The van der Waals surface area contributed by atoms with Crippen LogP contribution in [0.5, 0.6) is 5.75 Å². The summed E-state index contributed by atoms with van der Waals surface area (Å²) >= 11 is 0. The van der Waals surface area contributed by atoms with E-state index in [9.17, 15) is 9.18 Å². The van der Waals surface area contributed by atoms with Gasteiger partial charge in [0.1, 0.15) is 24.2 Å². The maximum atomic E-state index is 12.9. The molecule has 0 radical (unpaired) electrons. The van der Waals surface area contributed by atoms with Gasteiger partial charge < -0.3 is 14.6 Å². The number of hydrogen-bond donors (Lipinski definition) is 1. The van der Waals surface area contributed by atoms with Crippen molar-refractivity contribution in [2.24, 2.45) is 0 Å². The van der Waals surface area contributed by atoms with Crippen LogP contribution in [-0.2, 0) is 4.79 Å². The second kappa shape index (κ2) is 8.15. The van der Waals surface area contributed by atoms with E-state index in [2.05, 4.69) is 5.32 Å². The molecule has 0 spiro atoms. The molecule has 1 N–H and O–H groups in total. The number of nitrogens with zero attached hydrogens (tertiary/aromatic N) is 1. The quantitative estimate of drug-likeness (QED) is 0.671. The Balaban J connectivity index is 1.58. The minimum absolute atomic E-state index is 0.106. The van der Waals surface area contributed by atoms with E-state index in [0.29, 0.717) is 18.9 Å². The molecular weight excluding hydrogens is 319 g/mol. The zero-order valence-electron chi connectivity index (χ0n) is 13.6. The second-order valence-electron chi connectivity index (χ2n) is 5.54. The number of carbonyl (C=O) groups is 1. The van der Waals surface area contributed by atoms with Crippen LogP contribution in [0.4, 0.5) is 4.39 Å². The predicted molar refractivity (Wildman–Crippen MR) is 93.9 cm³/mol. The van der Waals surface area contributed by atoms with Gasteiger partial charge in [-0.05, 0) is 42.0 Å². The number of halogens is 1. The van der Waals surface area contributed by atoms with Gasteiger partial charge in [-0.25, -0.2) is 4.39 Å². The van der Waals surface area contributed by atoms with Gasteiger partial charge in [0.15, 0.2) is 0 Å². The Morgan fingerprint density at radius 3 is 2.36 bits per heavy atom. The number of benzene rings is 2. The van der Waals surface area contributed by atoms with Crippen molar-refractivity contribution in [3.05, 3.63) is 90.5 Å². The monoisotopic (exact) mass is 338 g/mol. The normalized spacial score (nSPS) is 11.7. The summed E-state index contributed by atoms with van der Waals surface area (Å²) < 4.78 is 20.2. The van der Waals surface area contributed by atoms with Gasteiger partial charge in [0.05, 0.1) is 6.54 Å². The Bertz CT molecular complexity index is 786. The SMILES string of the molecule is O=C(NCCOc1ccc(F)cc1)[C@H](c1ccccc1)n1cccc1. The van der Waals surface area contributed by atoms with Gasteiger partial charge in [-0.2, -0.15) is 0 Å². The third-order valence-corrected chi connectivity index (χ3v) is 3.77. The summed E-state index contributed by atoms with van der Waals surface area (Å²) in [5, 5.41) is 2.89. The number of amides is 1. The maximum absolute atomic E-state index is 12.9. The molecule has 1 heterocycles. The van der Waals surface area contributed by atoms with Gasteiger partial charge in [0.2, 0.25) is 5.91 Å². The summed E-state index contributed by atoms with van der Waals surface area (Å²) in [5.41, 5.74) is 0.913. The molecule has 2 aromatic carbocycles. The van der Waals surface area contributed by atoms with E-state index in [0.717, 1.165) is 5.56 Å². The Kier molecular flexibility index (Phi) is 5.46. The molecule has 1 amide bonds. The third kappa shape index (κ3) is 4.47. The minimum atomic E-state index is -0.429. The Morgan fingerprint density at radius 2 is 1.68 bits per heavy atom. The van der Waals surface area contributed by atoms with Gasteiger partial charge in [0, 0.05) is 12.4 Å². The first-order valence-electron chi connectivity index (χ1n) is 8.07. The standard InChI is InChI=1S/C20H19FN2O2/c21-17-8-10-18(11-9-17)25-15-12-22-20(24)19(23-13-4-5-14-23)16-6-2-1-3-7-16/h1-11,13-14,19H,12,15H2,(H,22,24)/t19-/m0/s1. The van der Waals surface area contributed by atoms with Crippen LogP contribution in [0.1, 0.15) is 11.6 Å². The van der Waals surface area contributed by atoms with Crippen LogP contribution in [0.3, 0.4) is 0 Å². The lowest BCUT2D eigenvalue weighted by molar-refractivity contribution is -0.123. The number of hydrogen-bond acceptors (Lipinski definition) is 2. The summed E-state index contributed by atoms with van der Waals surface area (Å²) in [6, 6.07) is 18.8. The minimum Gasteiger partial charge on any atom is -0.492 e. The predicted octanol–water partition coefficient (Wildman–Crippen LogP) is 3.41. The van der Waals surface area contributed by atoms with Crippen molar-refractivity contribution < 1.29 is 13.9 Å². The summed E-state index contributed by atoms with van der Waals surface area (Å²) in [4.78, 5) is 12.7. The van der Waals surface area contributed by atoms with Crippen molar-refractivity contribution in [1.29, 1.82) is 0 Å². The second-order valence-corrected chi connectivity index (χ2v) is 5.54. The first kappa shape index (κ1) is 16.8. The van der Waals surface area contributed by atoms with Crippen molar-refractivity contribution in [2.75, 3.05) is 13.2 Å². The molecule has 25 heavy (non-hydrogen) atoms. The molecule has 0 bridgehead atoms. The number of carbonyl (C=O) groups excluding carboxylic acids is 1. The van der Waals surface area contributed by atoms with Crippen LogP contribution in [0.15, 0.2) is 79.1 Å². The largest absolute Gasteiger partial charge is 0.492 e. The summed E-state index contributed by atoms with van der Waals surface area (Å²) in [5.74, 6) is 0.156. The topological polar surface area (TPSA) is 43.3 Å². The van der Waals surface area contributed by atoms with Gasteiger partial charge in [0.25, 0.3) is 0 Å². The Labute approximate surface area is 145 Å². The van der Waals surface area contributed by atoms with Gasteiger partial charge >= 0.3 is 0 Å². The molecule has 3 aromatic rings. The van der Waals surface area contributed by atoms with Crippen LogP contribution in [0.25, 0.3) is 0 Å². The summed E-state index contributed by atoms with van der Waals surface area (Å²) in [6.45, 7) is 0.672. The fourth-order valence-corrected chi connectivity index (χ4v) is 2.58. The highest BCUT2D eigenvalue weighted by molar-refractivity contribution is 5.83. The number of ether oxygens (including phenoxy) is 1. The molecule has 0 unspecified atom stereocenters. The smallest absolute Gasteiger partial charge is 0.247 e. The summed E-state index contributed by atoms with van der Waals surface area (Å²) in [7, 11) is 0. The van der Waals surface area contributed by atoms with Crippen LogP contribution in [-0.4, -0.2) is 23.6 Å². The molecule has 4 nitrogen and oxygen atoms in total. The average molecular weight is 338 g/mol. The van der Waals surface area contributed by atoms with Crippen LogP contribution in [0.2, 0.25) is 0 Å². The molecule has 5 heteroatoms. The molecule has 1 atom stereocenters. The fourth-order valence-electron chi connectivity index (χ4n) is 2.58. The highest BCUT2D eigenvalue weighted by Crippen LogP contribution is 2.18. The van der Waals surface area contributed by atoms with E-state index in [1.807, 2.05) is 59.4 Å². The Hall–Kier alpha value is -3.08. The zero-order valence-corrected chi connectivity index (χ0v) is 13.6. The number of nitrogens with one attached hydrogen (secondary N) is 1. The highest BCUT2D eigenvalue weighted by Gasteiger charge is 2.21. The van der Waals surface area contributed by atoms with Crippen molar-refractivity contribution >= 4 is 5.91 Å². The van der Waals surface area contributed by atoms with E-state index in [1.54, 1.807) is 12.1 Å². The number of aromatic nitrogens is 1. The molecule has 1 aromatic heterocycles. The van der Waals surface area contributed by atoms with Crippen molar-refractivity contribution in [3.8, 4) is 5.75 Å². The lowest BCUT2D eigenvalue weighted by atomic mass is 10.1. The lowest BCUT2D eigenvalue weighted by Gasteiger charge is -2.19. The molecule has 0 aliphatic rings. The molecule has 0 saturated carbocycles. The molecule has 0 fully saturated rings. The lowest BCUT2D eigenvalue weighted by Crippen LogP contribution is -2.35. The average Bonchev–Trinajstić information content (AvgIpc) is 3.15. The zero-order chi connectivity index (χ0) is 17.5. The first-order valence-corrected chi connectivity index (χ1v) is 8.07. The summed E-state index contributed by atoms with van der Waals surface area (Å²) in [6.07, 6.45) is 3.73. The highest BCUT2D eigenvalue weighted by atomic mass is 19.1. The molecule has 0 aliphatic heterocycles. The third-order valence-electron chi connectivity index (χ3n) is 3.77.